The quantitative estimate of drug-likeness (QED) is 0.504. The Bertz CT molecular complexity index is 275. The maximum Gasteiger partial charge on any atom is 0.306 e. The molecule has 0 amide bonds. The number of hydrogen-bond acceptors (Lipinski definition) is 6. The van der Waals surface area contributed by atoms with E-state index in [1.54, 1.807) is 0 Å². The van der Waals surface area contributed by atoms with E-state index in [2.05, 4.69) is 0 Å². The highest BCUT2D eigenvalue weighted by atomic mass is 16.5. The van der Waals surface area contributed by atoms with E-state index in [0.717, 1.165) is 25.7 Å². The van der Waals surface area contributed by atoms with Crippen molar-refractivity contribution in [1.82, 2.24) is 0 Å². The lowest BCUT2D eigenvalue weighted by Crippen LogP contribution is -2.21. The van der Waals surface area contributed by atoms with Gasteiger partial charge in [-0.1, -0.05) is 39.5 Å². The van der Waals surface area contributed by atoms with E-state index >= 15 is 0 Å². The average Bonchev–Trinajstić information content (AvgIpc) is 2.52. The summed E-state index contributed by atoms with van der Waals surface area (Å²) in [6, 6.07) is 0. The smallest absolute Gasteiger partial charge is 0.306 e. The van der Waals surface area contributed by atoms with Gasteiger partial charge in [-0.15, -0.1) is 0 Å². The Kier molecular flexibility index (Phi) is 12.8. The Morgan fingerprint density at radius 1 is 0.818 bits per heavy atom. The largest absolute Gasteiger partial charge is 0.463 e. The molecule has 0 heterocycles. The molecule has 0 aliphatic carbocycles. The number of esters is 2. The van der Waals surface area contributed by atoms with Crippen molar-refractivity contribution >= 4 is 11.9 Å². The van der Waals surface area contributed by atoms with Crippen LogP contribution in [0.2, 0.25) is 0 Å². The number of hydrogen-bond donors (Lipinski definition) is 2. The molecular weight excluding hydrogens is 288 g/mol. The topological polar surface area (TPSA) is 93.1 Å². The number of aliphatic hydroxyl groups excluding tert-OH is 2. The first-order valence-electron chi connectivity index (χ1n) is 8.16. The SMILES string of the molecule is CCCCC(O)COC(=O)CCC(=O)OCC(O)CCCC. The van der Waals surface area contributed by atoms with Gasteiger partial charge >= 0.3 is 11.9 Å². The average molecular weight is 318 g/mol. The molecular formula is C16H30O6. The maximum atomic E-state index is 11.4. The van der Waals surface area contributed by atoms with Crippen molar-refractivity contribution < 1.29 is 29.3 Å². The molecule has 0 aliphatic heterocycles. The molecule has 0 aromatic heterocycles. The monoisotopic (exact) mass is 318 g/mol. The number of aliphatic hydroxyl groups is 2. The zero-order valence-electron chi connectivity index (χ0n) is 13.8. The van der Waals surface area contributed by atoms with Crippen molar-refractivity contribution in [3.63, 3.8) is 0 Å². The van der Waals surface area contributed by atoms with Crippen LogP contribution >= 0.6 is 0 Å². The standard InChI is InChI=1S/C16H30O6/c1-3-5-7-13(17)11-21-15(19)9-10-16(20)22-12-14(18)8-6-4-2/h13-14,17-18H,3-12H2,1-2H3. The third-order valence-corrected chi connectivity index (χ3v) is 3.19. The summed E-state index contributed by atoms with van der Waals surface area (Å²) in [5.41, 5.74) is 0. The molecule has 6 nitrogen and oxygen atoms in total. The van der Waals surface area contributed by atoms with E-state index in [0.29, 0.717) is 12.8 Å². The predicted octanol–water partition coefficient (Wildman–Crippen LogP) is 1.96. The molecule has 0 aromatic rings. The lowest BCUT2D eigenvalue weighted by Gasteiger charge is -2.12. The minimum atomic E-state index is -0.649. The van der Waals surface area contributed by atoms with Gasteiger partial charge in [-0.25, -0.2) is 0 Å². The lowest BCUT2D eigenvalue weighted by molar-refractivity contribution is -0.153. The van der Waals surface area contributed by atoms with Crippen LogP contribution in [-0.4, -0.2) is 47.6 Å². The summed E-state index contributed by atoms with van der Waals surface area (Å²) in [7, 11) is 0. The van der Waals surface area contributed by atoms with E-state index in [9.17, 15) is 19.8 Å². The van der Waals surface area contributed by atoms with Gasteiger partial charge in [-0.2, -0.15) is 0 Å². The van der Waals surface area contributed by atoms with Crippen molar-refractivity contribution in [3.05, 3.63) is 0 Å². The van der Waals surface area contributed by atoms with Crippen LogP contribution < -0.4 is 0 Å². The van der Waals surface area contributed by atoms with Crippen LogP contribution in [0.5, 0.6) is 0 Å². The molecule has 130 valence electrons. The normalized spacial score (nSPS) is 13.5. The Morgan fingerprint density at radius 3 is 1.50 bits per heavy atom. The van der Waals surface area contributed by atoms with Crippen LogP contribution in [-0.2, 0) is 19.1 Å². The van der Waals surface area contributed by atoms with Gasteiger partial charge in [-0.3, -0.25) is 9.59 Å². The van der Waals surface area contributed by atoms with Crippen molar-refractivity contribution in [1.29, 1.82) is 0 Å². The summed E-state index contributed by atoms with van der Waals surface area (Å²) in [5, 5.41) is 19.1. The van der Waals surface area contributed by atoms with E-state index in [-0.39, 0.29) is 26.1 Å². The van der Waals surface area contributed by atoms with Crippen molar-refractivity contribution in [2.45, 2.75) is 77.4 Å². The fraction of sp³-hybridized carbons (Fsp3) is 0.875. The minimum Gasteiger partial charge on any atom is -0.463 e. The Labute approximate surface area is 132 Å². The van der Waals surface area contributed by atoms with Crippen LogP contribution in [0.1, 0.15) is 65.2 Å². The van der Waals surface area contributed by atoms with Gasteiger partial charge in [0.1, 0.15) is 13.2 Å². The predicted molar refractivity (Wildman–Crippen MR) is 82.2 cm³/mol. The molecule has 2 N–H and O–H groups in total. The summed E-state index contributed by atoms with van der Waals surface area (Å²) >= 11 is 0. The number of carbonyl (C=O) groups is 2. The molecule has 22 heavy (non-hydrogen) atoms. The highest BCUT2D eigenvalue weighted by Gasteiger charge is 2.13. The van der Waals surface area contributed by atoms with Gasteiger partial charge in [0.2, 0.25) is 0 Å². The maximum absolute atomic E-state index is 11.4. The van der Waals surface area contributed by atoms with Crippen LogP contribution in [0.25, 0.3) is 0 Å². The summed E-state index contributed by atoms with van der Waals surface area (Å²) in [5.74, 6) is -1.06. The van der Waals surface area contributed by atoms with Gasteiger partial charge < -0.3 is 19.7 Å². The first kappa shape index (κ1) is 20.9. The number of unbranched alkanes of at least 4 members (excludes halogenated alkanes) is 2. The Balaban J connectivity index is 3.66. The summed E-state index contributed by atoms with van der Waals surface area (Å²) < 4.78 is 9.77. The van der Waals surface area contributed by atoms with E-state index in [1.165, 1.54) is 0 Å². The van der Waals surface area contributed by atoms with E-state index in [1.807, 2.05) is 13.8 Å². The van der Waals surface area contributed by atoms with Crippen LogP contribution in [0, 0.1) is 0 Å². The fourth-order valence-electron chi connectivity index (χ4n) is 1.77. The summed E-state index contributed by atoms with van der Waals surface area (Å²) in [6.07, 6.45) is 3.45. The zero-order valence-corrected chi connectivity index (χ0v) is 13.8. The van der Waals surface area contributed by atoms with Gasteiger partial charge in [-0.05, 0) is 12.8 Å². The Morgan fingerprint density at radius 2 is 1.18 bits per heavy atom. The van der Waals surface area contributed by atoms with Gasteiger partial charge in [0.15, 0.2) is 0 Å². The van der Waals surface area contributed by atoms with Gasteiger partial charge in [0.25, 0.3) is 0 Å². The second kappa shape index (κ2) is 13.5. The summed E-state index contributed by atoms with van der Waals surface area (Å²) in [6.45, 7) is 3.96. The summed E-state index contributed by atoms with van der Waals surface area (Å²) in [4.78, 5) is 22.8. The van der Waals surface area contributed by atoms with Crippen molar-refractivity contribution in [2.24, 2.45) is 0 Å². The molecule has 0 bridgehead atoms. The van der Waals surface area contributed by atoms with Gasteiger partial charge in [0, 0.05) is 0 Å². The molecule has 0 aromatic carbocycles. The lowest BCUT2D eigenvalue weighted by atomic mass is 10.2. The molecule has 0 fully saturated rings. The highest BCUT2D eigenvalue weighted by Crippen LogP contribution is 2.04. The second-order valence-electron chi connectivity index (χ2n) is 5.46. The molecule has 6 heteroatoms. The van der Waals surface area contributed by atoms with Crippen molar-refractivity contribution in [3.8, 4) is 0 Å². The molecule has 0 saturated carbocycles. The number of carbonyl (C=O) groups excluding carboxylic acids is 2. The molecule has 0 spiro atoms. The molecule has 2 atom stereocenters. The first-order chi connectivity index (χ1) is 10.5. The number of rotatable bonds is 13. The van der Waals surface area contributed by atoms with Crippen molar-refractivity contribution in [2.75, 3.05) is 13.2 Å². The first-order valence-corrected chi connectivity index (χ1v) is 8.16. The number of ether oxygens (including phenoxy) is 2. The van der Waals surface area contributed by atoms with Crippen LogP contribution in [0.4, 0.5) is 0 Å². The molecule has 2 unspecified atom stereocenters. The fourth-order valence-corrected chi connectivity index (χ4v) is 1.77. The van der Waals surface area contributed by atoms with Crippen LogP contribution in [0.3, 0.4) is 0 Å². The zero-order chi connectivity index (χ0) is 16.8. The van der Waals surface area contributed by atoms with Gasteiger partial charge in [0.05, 0.1) is 25.0 Å². The molecule has 0 saturated heterocycles. The minimum absolute atomic E-state index is 0.0381. The third kappa shape index (κ3) is 12.6. The molecule has 0 aliphatic rings. The molecule has 0 rings (SSSR count). The second-order valence-corrected chi connectivity index (χ2v) is 5.46. The Hall–Kier alpha value is -1.14. The molecule has 0 radical (unpaired) electrons. The highest BCUT2D eigenvalue weighted by molar-refractivity contribution is 5.77. The van der Waals surface area contributed by atoms with Crippen LogP contribution in [0.15, 0.2) is 0 Å². The van der Waals surface area contributed by atoms with E-state index in [4.69, 9.17) is 9.47 Å². The van der Waals surface area contributed by atoms with E-state index < -0.39 is 24.1 Å². The third-order valence-electron chi connectivity index (χ3n) is 3.19.